The molecule has 0 unspecified atom stereocenters. The highest BCUT2D eigenvalue weighted by molar-refractivity contribution is 9.09. The van der Waals surface area contributed by atoms with Crippen LogP contribution >= 0.6 is 15.9 Å². The zero-order valence-electron chi connectivity index (χ0n) is 9.33. The van der Waals surface area contributed by atoms with Crippen molar-refractivity contribution in [3.63, 3.8) is 0 Å². The van der Waals surface area contributed by atoms with E-state index < -0.39 is 5.95 Å². The van der Waals surface area contributed by atoms with E-state index in [-0.39, 0.29) is 11.9 Å². The number of hydrogen-bond donors (Lipinski definition) is 1. The number of alkyl halides is 1. The zero-order chi connectivity index (χ0) is 12.3. The van der Waals surface area contributed by atoms with Gasteiger partial charge in [0, 0.05) is 28.7 Å². The van der Waals surface area contributed by atoms with Crippen molar-refractivity contribution in [3.8, 4) is 0 Å². The van der Waals surface area contributed by atoms with E-state index in [0.717, 1.165) is 25.3 Å². The summed E-state index contributed by atoms with van der Waals surface area (Å²) < 4.78 is 12.9. The van der Waals surface area contributed by atoms with Crippen molar-refractivity contribution in [2.24, 2.45) is 0 Å². The second-order valence-electron chi connectivity index (χ2n) is 4.25. The number of rotatable bonds is 2. The number of halogens is 2. The highest BCUT2D eigenvalue weighted by atomic mass is 79.9. The molecular formula is C12H14BrFN2O. The minimum atomic E-state index is -0.628. The molecule has 0 aliphatic heterocycles. The lowest BCUT2D eigenvalue weighted by molar-refractivity contribution is 0.0929. The molecule has 0 saturated heterocycles. The van der Waals surface area contributed by atoms with Crippen LogP contribution in [0.4, 0.5) is 4.39 Å². The number of carbonyl (C=O) groups excluding carboxylic acids is 1. The normalized spacial score (nSPS) is 24.4. The lowest BCUT2D eigenvalue weighted by Gasteiger charge is -2.28. The van der Waals surface area contributed by atoms with Gasteiger partial charge in [-0.05, 0) is 18.9 Å². The Morgan fingerprint density at radius 2 is 2.24 bits per heavy atom. The van der Waals surface area contributed by atoms with Crippen LogP contribution in [0.15, 0.2) is 18.3 Å². The molecule has 1 aromatic rings. The first-order valence-corrected chi connectivity index (χ1v) is 6.65. The smallest absolute Gasteiger partial charge is 0.251 e. The summed E-state index contributed by atoms with van der Waals surface area (Å²) in [6, 6.07) is 2.80. The molecule has 0 radical (unpaired) electrons. The fourth-order valence-corrected chi connectivity index (χ4v) is 2.76. The molecule has 1 N–H and O–H groups in total. The third-order valence-electron chi connectivity index (χ3n) is 2.99. The van der Waals surface area contributed by atoms with Gasteiger partial charge in [0.1, 0.15) is 0 Å². The molecule has 0 aromatic carbocycles. The summed E-state index contributed by atoms with van der Waals surface area (Å²) in [5.74, 6) is -0.862. The van der Waals surface area contributed by atoms with Crippen molar-refractivity contribution in [1.82, 2.24) is 10.3 Å². The van der Waals surface area contributed by atoms with Crippen LogP contribution in [-0.2, 0) is 0 Å². The number of amides is 1. The number of carbonyl (C=O) groups is 1. The first-order valence-electron chi connectivity index (χ1n) is 5.73. The Morgan fingerprint density at radius 3 is 2.94 bits per heavy atom. The monoisotopic (exact) mass is 300 g/mol. The molecular weight excluding hydrogens is 287 g/mol. The van der Waals surface area contributed by atoms with Gasteiger partial charge in [-0.1, -0.05) is 28.8 Å². The molecule has 2 rings (SSSR count). The second-order valence-corrected chi connectivity index (χ2v) is 5.42. The number of aromatic nitrogens is 1. The van der Waals surface area contributed by atoms with E-state index in [0.29, 0.717) is 10.4 Å². The van der Waals surface area contributed by atoms with Crippen LogP contribution in [-0.4, -0.2) is 21.8 Å². The third-order valence-corrected chi connectivity index (χ3v) is 4.08. The molecule has 1 aromatic heterocycles. The molecule has 0 spiro atoms. The highest BCUT2D eigenvalue weighted by Gasteiger charge is 2.24. The molecule has 1 aliphatic carbocycles. The lowest BCUT2D eigenvalue weighted by Crippen LogP contribution is -2.42. The zero-order valence-corrected chi connectivity index (χ0v) is 10.9. The fourth-order valence-electron chi connectivity index (χ4n) is 2.04. The molecule has 5 heteroatoms. The van der Waals surface area contributed by atoms with E-state index >= 15 is 0 Å². The second kappa shape index (κ2) is 5.58. The van der Waals surface area contributed by atoms with Gasteiger partial charge in [-0.3, -0.25) is 4.79 Å². The predicted octanol–water partition coefficient (Wildman–Crippen LogP) is 2.66. The van der Waals surface area contributed by atoms with Crippen molar-refractivity contribution in [2.45, 2.75) is 36.6 Å². The van der Waals surface area contributed by atoms with Crippen molar-refractivity contribution < 1.29 is 9.18 Å². The maximum atomic E-state index is 12.9. The standard InChI is InChI=1S/C12H14BrFN2O/c13-9-3-1-2-4-10(9)16-12(17)8-5-6-15-11(14)7-8/h5-7,9-10H,1-4H2,(H,16,17)/t9-,10-/m1/s1. The van der Waals surface area contributed by atoms with Crippen LogP contribution < -0.4 is 5.32 Å². The van der Waals surface area contributed by atoms with Gasteiger partial charge in [0.15, 0.2) is 0 Å². The molecule has 1 heterocycles. The number of nitrogens with one attached hydrogen (secondary N) is 1. The summed E-state index contributed by atoms with van der Waals surface area (Å²) in [7, 11) is 0. The molecule has 17 heavy (non-hydrogen) atoms. The first-order chi connectivity index (χ1) is 8.16. The Bertz CT molecular complexity index is 413. The van der Waals surface area contributed by atoms with E-state index in [1.54, 1.807) is 0 Å². The third kappa shape index (κ3) is 3.25. The van der Waals surface area contributed by atoms with Crippen molar-refractivity contribution >= 4 is 21.8 Å². The molecule has 3 nitrogen and oxygen atoms in total. The van der Waals surface area contributed by atoms with Crippen LogP contribution in [0.25, 0.3) is 0 Å². The summed E-state index contributed by atoms with van der Waals surface area (Å²) >= 11 is 3.57. The predicted molar refractivity (Wildman–Crippen MR) is 66.6 cm³/mol. The average Bonchev–Trinajstić information content (AvgIpc) is 2.32. The van der Waals surface area contributed by atoms with Crippen molar-refractivity contribution in [2.75, 3.05) is 0 Å². The van der Waals surface area contributed by atoms with E-state index in [2.05, 4.69) is 26.2 Å². The largest absolute Gasteiger partial charge is 0.348 e. The van der Waals surface area contributed by atoms with E-state index in [1.165, 1.54) is 18.7 Å². The molecule has 2 atom stereocenters. The maximum Gasteiger partial charge on any atom is 0.251 e. The summed E-state index contributed by atoms with van der Waals surface area (Å²) in [5, 5.41) is 2.93. The Kier molecular flexibility index (Phi) is 4.10. The van der Waals surface area contributed by atoms with Crippen LogP contribution in [0.3, 0.4) is 0 Å². The van der Waals surface area contributed by atoms with Gasteiger partial charge in [-0.25, -0.2) is 4.98 Å². The maximum absolute atomic E-state index is 12.9. The quantitative estimate of drug-likeness (QED) is 0.674. The van der Waals surface area contributed by atoms with Crippen LogP contribution in [0.1, 0.15) is 36.0 Å². The summed E-state index contributed by atoms with van der Waals surface area (Å²) in [4.78, 5) is 15.6. The molecule has 1 fully saturated rings. The van der Waals surface area contributed by atoms with E-state index in [9.17, 15) is 9.18 Å². The van der Waals surface area contributed by atoms with Gasteiger partial charge in [-0.15, -0.1) is 0 Å². The number of pyridine rings is 1. The van der Waals surface area contributed by atoms with Crippen molar-refractivity contribution in [3.05, 3.63) is 29.8 Å². The Balaban J connectivity index is 2.01. The molecule has 1 amide bonds. The molecule has 1 saturated carbocycles. The van der Waals surface area contributed by atoms with Crippen LogP contribution in [0.5, 0.6) is 0 Å². The minimum absolute atomic E-state index is 0.132. The topological polar surface area (TPSA) is 42.0 Å². The van der Waals surface area contributed by atoms with Gasteiger partial charge in [0.05, 0.1) is 0 Å². The average molecular weight is 301 g/mol. The fraction of sp³-hybridized carbons (Fsp3) is 0.500. The molecule has 92 valence electrons. The minimum Gasteiger partial charge on any atom is -0.348 e. The first kappa shape index (κ1) is 12.5. The number of hydrogen-bond acceptors (Lipinski definition) is 2. The lowest BCUT2D eigenvalue weighted by atomic mass is 9.95. The van der Waals surface area contributed by atoms with E-state index in [1.807, 2.05) is 0 Å². The Morgan fingerprint density at radius 1 is 1.47 bits per heavy atom. The summed E-state index contributed by atoms with van der Waals surface area (Å²) in [5.41, 5.74) is 0.322. The van der Waals surface area contributed by atoms with Gasteiger partial charge >= 0.3 is 0 Å². The Hall–Kier alpha value is -0.970. The summed E-state index contributed by atoms with van der Waals surface area (Å²) in [6.45, 7) is 0. The van der Waals surface area contributed by atoms with Gasteiger partial charge in [0.2, 0.25) is 5.95 Å². The van der Waals surface area contributed by atoms with Crippen LogP contribution in [0, 0.1) is 5.95 Å². The SMILES string of the molecule is O=C(N[C@@H]1CCCC[C@H]1Br)c1ccnc(F)c1. The summed E-state index contributed by atoms with van der Waals surface area (Å²) in [6.07, 6.45) is 5.64. The highest BCUT2D eigenvalue weighted by Crippen LogP contribution is 2.24. The van der Waals surface area contributed by atoms with Crippen molar-refractivity contribution in [1.29, 1.82) is 0 Å². The van der Waals surface area contributed by atoms with Gasteiger partial charge in [0.25, 0.3) is 5.91 Å². The van der Waals surface area contributed by atoms with E-state index in [4.69, 9.17) is 0 Å². The Labute approximate surface area is 108 Å². The number of nitrogens with zero attached hydrogens (tertiary/aromatic N) is 1. The van der Waals surface area contributed by atoms with Gasteiger partial charge < -0.3 is 5.32 Å². The molecule has 0 bridgehead atoms. The molecule has 1 aliphatic rings. The van der Waals surface area contributed by atoms with Crippen LogP contribution in [0.2, 0.25) is 0 Å². The van der Waals surface area contributed by atoms with Gasteiger partial charge in [-0.2, -0.15) is 4.39 Å².